The first kappa shape index (κ1) is 11.7. The number of piperidine rings is 1. The summed E-state index contributed by atoms with van der Waals surface area (Å²) in [5.41, 5.74) is 0. The van der Waals surface area contributed by atoms with Crippen molar-refractivity contribution < 1.29 is 0 Å². The fourth-order valence-electron chi connectivity index (χ4n) is 1.44. The smallest absolute Gasteiger partial charge is 0.124 e. The number of halogens is 1. The van der Waals surface area contributed by atoms with Crippen molar-refractivity contribution in [3.63, 3.8) is 0 Å². The molecule has 0 spiro atoms. The Kier molecular flexibility index (Phi) is 5.55. The largest absolute Gasteiger partial charge is 0.317 e. The Bertz CT molecular complexity index is 181. The van der Waals surface area contributed by atoms with Crippen LogP contribution < -0.4 is 5.32 Å². The van der Waals surface area contributed by atoms with Crippen LogP contribution in [0.1, 0.15) is 12.8 Å². The van der Waals surface area contributed by atoms with E-state index in [-0.39, 0.29) is 12.4 Å². The molecule has 0 unspecified atom stereocenters. The fraction of sp³-hybridized carbons (Fsp3) is 0.875. The molecule has 2 rings (SSSR count). The van der Waals surface area contributed by atoms with E-state index in [1.807, 2.05) is 23.5 Å². The molecular weight excluding hydrogens is 224 g/mol. The summed E-state index contributed by atoms with van der Waals surface area (Å²) in [6, 6.07) is 0. The van der Waals surface area contributed by atoms with Crippen LogP contribution in [-0.4, -0.2) is 35.0 Å². The fourth-order valence-corrected chi connectivity index (χ4v) is 3.84. The minimum absolute atomic E-state index is 0. The second-order valence-electron chi connectivity index (χ2n) is 3.06. The second-order valence-corrected chi connectivity index (χ2v) is 5.69. The van der Waals surface area contributed by atoms with Crippen LogP contribution in [0, 0.1) is 0 Å². The van der Waals surface area contributed by atoms with E-state index >= 15 is 0 Å². The zero-order chi connectivity index (χ0) is 8.23. The zero-order valence-corrected chi connectivity index (χ0v) is 9.94. The Labute approximate surface area is 94.1 Å². The first-order valence-electron chi connectivity index (χ1n) is 4.50. The van der Waals surface area contributed by atoms with E-state index in [0.29, 0.717) is 0 Å². The van der Waals surface area contributed by atoms with Gasteiger partial charge in [-0.15, -0.1) is 12.4 Å². The molecule has 2 aliphatic heterocycles. The summed E-state index contributed by atoms with van der Waals surface area (Å²) in [7, 11) is 0. The van der Waals surface area contributed by atoms with Gasteiger partial charge in [0.25, 0.3) is 0 Å². The molecule has 2 aliphatic rings. The van der Waals surface area contributed by atoms with Crippen molar-refractivity contribution in [3.8, 4) is 0 Å². The van der Waals surface area contributed by atoms with Gasteiger partial charge in [-0.25, -0.2) is 0 Å². The van der Waals surface area contributed by atoms with Crippen molar-refractivity contribution in [2.75, 3.05) is 25.4 Å². The van der Waals surface area contributed by atoms with Crippen LogP contribution in [0.5, 0.6) is 0 Å². The number of rotatable bonds is 1. The van der Waals surface area contributed by atoms with Crippen molar-refractivity contribution in [2.24, 2.45) is 4.99 Å². The van der Waals surface area contributed by atoms with E-state index in [4.69, 9.17) is 0 Å². The first-order chi connectivity index (χ1) is 5.95. The minimum Gasteiger partial charge on any atom is -0.317 e. The average molecular weight is 239 g/mol. The molecule has 13 heavy (non-hydrogen) atoms. The van der Waals surface area contributed by atoms with Crippen LogP contribution in [0.4, 0.5) is 0 Å². The van der Waals surface area contributed by atoms with Crippen LogP contribution in [0.2, 0.25) is 0 Å². The molecule has 76 valence electrons. The first-order valence-corrected chi connectivity index (χ1v) is 6.36. The Morgan fingerprint density at radius 1 is 1.38 bits per heavy atom. The molecule has 0 aromatic rings. The zero-order valence-electron chi connectivity index (χ0n) is 7.49. The summed E-state index contributed by atoms with van der Waals surface area (Å²) in [5.74, 6) is 1.20. The Morgan fingerprint density at radius 3 is 2.77 bits per heavy atom. The van der Waals surface area contributed by atoms with Gasteiger partial charge in [-0.1, -0.05) is 23.5 Å². The van der Waals surface area contributed by atoms with E-state index in [1.165, 1.54) is 36.1 Å². The molecule has 0 saturated carbocycles. The van der Waals surface area contributed by atoms with Gasteiger partial charge in [-0.2, -0.15) is 0 Å². The maximum atomic E-state index is 4.45. The molecule has 0 aromatic carbocycles. The molecular formula is C8H15ClN2S2. The lowest BCUT2D eigenvalue weighted by atomic mass is 10.2. The van der Waals surface area contributed by atoms with Crippen LogP contribution >= 0.6 is 35.9 Å². The van der Waals surface area contributed by atoms with Gasteiger partial charge < -0.3 is 5.32 Å². The van der Waals surface area contributed by atoms with Gasteiger partial charge >= 0.3 is 0 Å². The van der Waals surface area contributed by atoms with Gasteiger partial charge in [0, 0.05) is 11.0 Å². The predicted octanol–water partition coefficient (Wildman–Crippen LogP) is 2.00. The molecule has 2 nitrogen and oxygen atoms in total. The summed E-state index contributed by atoms with van der Waals surface area (Å²) in [6.45, 7) is 3.42. The SMILES string of the molecule is C1CSC(SC2CCNCC2)=N1.Cl. The van der Waals surface area contributed by atoms with E-state index in [1.54, 1.807) is 0 Å². The summed E-state index contributed by atoms with van der Waals surface area (Å²) in [5, 5.41) is 4.21. The van der Waals surface area contributed by atoms with Gasteiger partial charge in [0.2, 0.25) is 0 Å². The Balaban J connectivity index is 0.000000845. The summed E-state index contributed by atoms with van der Waals surface area (Å²) in [4.78, 5) is 4.45. The van der Waals surface area contributed by atoms with Crippen LogP contribution in [-0.2, 0) is 0 Å². The second kappa shape index (κ2) is 6.17. The Hall–Kier alpha value is 0.620. The van der Waals surface area contributed by atoms with Gasteiger partial charge in [0.1, 0.15) is 4.38 Å². The van der Waals surface area contributed by atoms with Crippen molar-refractivity contribution in [1.29, 1.82) is 0 Å². The molecule has 0 radical (unpaired) electrons. The number of nitrogens with one attached hydrogen (secondary N) is 1. The molecule has 0 bridgehead atoms. The van der Waals surface area contributed by atoms with Crippen molar-refractivity contribution >= 4 is 40.3 Å². The van der Waals surface area contributed by atoms with Crippen molar-refractivity contribution in [1.82, 2.24) is 5.32 Å². The third kappa shape index (κ3) is 3.70. The van der Waals surface area contributed by atoms with E-state index in [9.17, 15) is 0 Å². The lowest BCUT2D eigenvalue weighted by Crippen LogP contribution is -2.29. The molecule has 1 fully saturated rings. The summed E-state index contributed by atoms with van der Waals surface area (Å²) in [6.07, 6.45) is 2.62. The van der Waals surface area contributed by atoms with E-state index in [2.05, 4.69) is 10.3 Å². The topological polar surface area (TPSA) is 24.4 Å². The molecule has 2 heterocycles. The molecule has 1 N–H and O–H groups in total. The quantitative estimate of drug-likeness (QED) is 0.756. The van der Waals surface area contributed by atoms with E-state index in [0.717, 1.165) is 11.8 Å². The molecule has 0 amide bonds. The monoisotopic (exact) mass is 238 g/mol. The number of aliphatic imine (C=N–C) groups is 1. The summed E-state index contributed by atoms with van der Waals surface area (Å²) < 4.78 is 1.34. The molecule has 1 saturated heterocycles. The average Bonchev–Trinajstić information content (AvgIpc) is 2.59. The maximum Gasteiger partial charge on any atom is 0.124 e. The van der Waals surface area contributed by atoms with Crippen molar-refractivity contribution in [3.05, 3.63) is 0 Å². The normalized spacial score (nSPS) is 23.8. The molecule has 0 atom stereocenters. The molecule has 5 heteroatoms. The van der Waals surface area contributed by atoms with Crippen LogP contribution in [0.3, 0.4) is 0 Å². The third-order valence-electron chi connectivity index (χ3n) is 2.11. The lowest BCUT2D eigenvalue weighted by molar-refractivity contribution is 0.533. The standard InChI is InChI=1S/C8H14N2S2.ClH/c1-3-9-4-2-7(1)12-8-10-5-6-11-8;/h7,9H,1-6H2;1H. The molecule has 0 aliphatic carbocycles. The van der Waals surface area contributed by atoms with Crippen LogP contribution in [0.15, 0.2) is 4.99 Å². The highest BCUT2D eigenvalue weighted by Crippen LogP contribution is 2.29. The highest BCUT2D eigenvalue weighted by Gasteiger charge is 2.17. The predicted molar refractivity (Wildman–Crippen MR) is 65.5 cm³/mol. The Morgan fingerprint density at radius 2 is 2.15 bits per heavy atom. The van der Waals surface area contributed by atoms with Gasteiger partial charge in [-0.05, 0) is 25.9 Å². The van der Waals surface area contributed by atoms with Gasteiger partial charge in [0.15, 0.2) is 0 Å². The van der Waals surface area contributed by atoms with Gasteiger partial charge in [-0.3, -0.25) is 4.99 Å². The highest BCUT2D eigenvalue weighted by molar-refractivity contribution is 8.39. The lowest BCUT2D eigenvalue weighted by Gasteiger charge is -2.21. The van der Waals surface area contributed by atoms with Crippen LogP contribution in [0.25, 0.3) is 0 Å². The third-order valence-corrected chi connectivity index (χ3v) is 4.65. The molecule has 0 aromatic heterocycles. The van der Waals surface area contributed by atoms with Crippen molar-refractivity contribution in [2.45, 2.75) is 18.1 Å². The van der Waals surface area contributed by atoms with Gasteiger partial charge in [0.05, 0.1) is 6.54 Å². The number of thioether (sulfide) groups is 2. The number of hydrogen-bond acceptors (Lipinski definition) is 4. The highest BCUT2D eigenvalue weighted by atomic mass is 35.5. The number of hydrogen-bond donors (Lipinski definition) is 1. The van der Waals surface area contributed by atoms with E-state index < -0.39 is 0 Å². The maximum absolute atomic E-state index is 4.45. The summed E-state index contributed by atoms with van der Waals surface area (Å²) >= 11 is 3.93. The minimum atomic E-state index is 0. The number of nitrogens with zero attached hydrogens (tertiary/aromatic N) is 1.